The molecule has 0 spiro atoms. The van der Waals surface area contributed by atoms with E-state index in [0.717, 1.165) is 15.7 Å². The van der Waals surface area contributed by atoms with Crippen molar-refractivity contribution in [2.24, 2.45) is 5.73 Å². The van der Waals surface area contributed by atoms with E-state index < -0.39 is 0 Å². The Kier molecular flexibility index (Phi) is 3.94. The maximum absolute atomic E-state index is 5.68. The molecular formula is C14H12BrN5O. The van der Waals surface area contributed by atoms with E-state index >= 15 is 0 Å². The molecule has 6 nitrogen and oxygen atoms in total. The zero-order valence-corrected chi connectivity index (χ0v) is 12.6. The summed E-state index contributed by atoms with van der Waals surface area (Å²) in [6.45, 7) is 0.321. The van der Waals surface area contributed by atoms with Crippen LogP contribution < -0.4 is 10.5 Å². The number of ether oxygens (including phenoxy) is 1. The average Bonchev–Trinajstić information content (AvgIpc) is 2.98. The largest absolute Gasteiger partial charge is 0.404 e. The second-order valence-electron chi connectivity index (χ2n) is 4.23. The van der Waals surface area contributed by atoms with Crippen molar-refractivity contribution in [1.82, 2.24) is 19.7 Å². The zero-order valence-electron chi connectivity index (χ0n) is 11.0. The molecule has 0 saturated heterocycles. The first-order chi connectivity index (χ1) is 10.3. The molecule has 7 heteroatoms. The van der Waals surface area contributed by atoms with Crippen molar-refractivity contribution >= 4 is 15.9 Å². The fraction of sp³-hybridized carbons (Fsp3) is 0.0714. The Morgan fingerprint density at radius 2 is 2.00 bits per heavy atom. The number of benzene rings is 1. The molecule has 0 unspecified atom stereocenters. The SMILES string of the molecule is NCc1cc(Br)cnc1Oc1ncn(-c2ccccc2)n1. The van der Waals surface area contributed by atoms with E-state index in [-0.39, 0.29) is 6.01 Å². The standard InChI is InChI=1S/C14H12BrN5O/c15-11-6-10(7-16)13(17-8-11)21-14-18-9-20(19-14)12-4-2-1-3-5-12/h1-6,8-9H,7,16H2. The summed E-state index contributed by atoms with van der Waals surface area (Å²) in [7, 11) is 0. The Hall–Kier alpha value is -2.25. The van der Waals surface area contributed by atoms with E-state index in [1.54, 1.807) is 17.2 Å². The fourth-order valence-corrected chi connectivity index (χ4v) is 2.17. The quantitative estimate of drug-likeness (QED) is 0.786. The third-order valence-electron chi connectivity index (χ3n) is 2.79. The summed E-state index contributed by atoms with van der Waals surface area (Å²) in [4.78, 5) is 8.31. The van der Waals surface area contributed by atoms with Crippen LogP contribution in [-0.4, -0.2) is 19.7 Å². The molecule has 106 valence electrons. The van der Waals surface area contributed by atoms with Crippen molar-refractivity contribution in [2.75, 3.05) is 0 Å². The number of hydrogen-bond donors (Lipinski definition) is 1. The molecule has 3 aromatic rings. The highest BCUT2D eigenvalue weighted by atomic mass is 79.9. The third-order valence-corrected chi connectivity index (χ3v) is 3.23. The van der Waals surface area contributed by atoms with Gasteiger partial charge in [-0.05, 0) is 34.1 Å². The van der Waals surface area contributed by atoms with E-state index in [0.29, 0.717) is 12.4 Å². The van der Waals surface area contributed by atoms with Crippen LogP contribution in [0.25, 0.3) is 5.69 Å². The lowest BCUT2D eigenvalue weighted by Crippen LogP contribution is -2.02. The number of rotatable bonds is 4. The second-order valence-corrected chi connectivity index (χ2v) is 5.15. The highest BCUT2D eigenvalue weighted by Gasteiger charge is 2.10. The lowest BCUT2D eigenvalue weighted by molar-refractivity contribution is 0.419. The topological polar surface area (TPSA) is 78.9 Å². The molecule has 0 fully saturated rings. The molecule has 2 heterocycles. The van der Waals surface area contributed by atoms with Crippen molar-refractivity contribution in [1.29, 1.82) is 0 Å². The second kappa shape index (κ2) is 6.02. The number of pyridine rings is 1. The van der Waals surface area contributed by atoms with Gasteiger partial charge in [-0.3, -0.25) is 0 Å². The molecule has 21 heavy (non-hydrogen) atoms. The molecule has 0 aliphatic carbocycles. The van der Waals surface area contributed by atoms with E-state index in [4.69, 9.17) is 10.5 Å². The van der Waals surface area contributed by atoms with Crippen LogP contribution in [0.4, 0.5) is 0 Å². The zero-order chi connectivity index (χ0) is 14.7. The Morgan fingerprint density at radius 1 is 1.19 bits per heavy atom. The summed E-state index contributed by atoms with van der Waals surface area (Å²) in [6.07, 6.45) is 3.23. The van der Waals surface area contributed by atoms with Crippen LogP contribution in [0.15, 0.2) is 53.4 Å². The molecule has 0 aliphatic heterocycles. The fourth-order valence-electron chi connectivity index (χ4n) is 1.79. The highest BCUT2D eigenvalue weighted by Crippen LogP contribution is 2.23. The molecule has 0 aliphatic rings. The van der Waals surface area contributed by atoms with Gasteiger partial charge in [-0.25, -0.2) is 9.67 Å². The molecule has 0 amide bonds. The van der Waals surface area contributed by atoms with Crippen LogP contribution in [-0.2, 0) is 6.54 Å². The first-order valence-corrected chi connectivity index (χ1v) is 7.05. The summed E-state index contributed by atoms with van der Waals surface area (Å²) in [5, 5.41) is 4.26. The molecule has 2 aromatic heterocycles. The van der Waals surface area contributed by atoms with Gasteiger partial charge < -0.3 is 10.5 Å². The first-order valence-electron chi connectivity index (χ1n) is 6.25. The summed E-state index contributed by atoms with van der Waals surface area (Å²) in [6, 6.07) is 11.8. The van der Waals surface area contributed by atoms with E-state index in [1.165, 1.54) is 0 Å². The maximum Gasteiger partial charge on any atom is 0.342 e. The first kappa shape index (κ1) is 13.7. The van der Waals surface area contributed by atoms with Gasteiger partial charge in [0.15, 0.2) is 0 Å². The Balaban J connectivity index is 1.85. The van der Waals surface area contributed by atoms with Crippen molar-refractivity contribution in [3.05, 3.63) is 59.0 Å². The van der Waals surface area contributed by atoms with Gasteiger partial charge in [-0.2, -0.15) is 4.98 Å². The third kappa shape index (κ3) is 3.09. The molecular weight excluding hydrogens is 334 g/mol. The number of aromatic nitrogens is 4. The number of hydrogen-bond acceptors (Lipinski definition) is 5. The van der Waals surface area contributed by atoms with Crippen LogP contribution in [0.1, 0.15) is 5.56 Å². The van der Waals surface area contributed by atoms with Gasteiger partial charge in [-0.15, -0.1) is 5.10 Å². The van der Waals surface area contributed by atoms with Gasteiger partial charge in [0.05, 0.1) is 5.69 Å². The van der Waals surface area contributed by atoms with Crippen molar-refractivity contribution in [2.45, 2.75) is 6.54 Å². The van der Waals surface area contributed by atoms with Gasteiger partial charge in [0.2, 0.25) is 5.88 Å². The summed E-state index contributed by atoms with van der Waals surface area (Å²) >= 11 is 3.35. The van der Waals surface area contributed by atoms with Gasteiger partial charge in [0, 0.05) is 22.8 Å². The molecule has 0 atom stereocenters. The van der Waals surface area contributed by atoms with Gasteiger partial charge >= 0.3 is 6.01 Å². The van der Waals surface area contributed by atoms with Gasteiger partial charge in [0.1, 0.15) is 6.33 Å². The summed E-state index contributed by atoms with van der Waals surface area (Å²) in [5.41, 5.74) is 7.37. The van der Waals surface area contributed by atoms with Crippen LogP contribution in [0.3, 0.4) is 0 Å². The summed E-state index contributed by atoms with van der Waals surface area (Å²) in [5.74, 6) is 0.409. The van der Waals surface area contributed by atoms with E-state index in [9.17, 15) is 0 Å². The smallest absolute Gasteiger partial charge is 0.342 e. The Bertz CT molecular complexity index is 744. The molecule has 2 N–H and O–H groups in total. The number of para-hydroxylation sites is 1. The monoisotopic (exact) mass is 345 g/mol. The Morgan fingerprint density at radius 3 is 2.76 bits per heavy atom. The van der Waals surface area contributed by atoms with Crippen molar-refractivity contribution in [3.8, 4) is 17.6 Å². The minimum Gasteiger partial charge on any atom is -0.404 e. The number of nitrogens with zero attached hydrogens (tertiary/aromatic N) is 4. The molecule has 0 bridgehead atoms. The minimum absolute atomic E-state index is 0.225. The molecule has 1 aromatic carbocycles. The van der Waals surface area contributed by atoms with Crippen LogP contribution in [0, 0.1) is 0 Å². The van der Waals surface area contributed by atoms with E-state index in [1.807, 2.05) is 36.4 Å². The normalized spacial score (nSPS) is 10.6. The maximum atomic E-state index is 5.68. The minimum atomic E-state index is 0.225. The number of halogens is 1. The van der Waals surface area contributed by atoms with Crippen molar-refractivity contribution < 1.29 is 4.74 Å². The predicted octanol–water partition coefficient (Wildman–Crippen LogP) is 2.68. The molecule has 0 radical (unpaired) electrons. The lowest BCUT2D eigenvalue weighted by Gasteiger charge is -2.05. The van der Waals surface area contributed by atoms with E-state index in [2.05, 4.69) is 31.0 Å². The average molecular weight is 346 g/mol. The van der Waals surface area contributed by atoms with Crippen LogP contribution in [0.5, 0.6) is 11.9 Å². The van der Waals surface area contributed by atoms with Crippen LogP contribution >= 0.6 is 15.9 Å². The van der Waals surface area contributed by atoms with Gasteiger partial charge in [0.25, 0.3) is 0 Å². The number of nitrogens with two attached hydrogens (primary N) is 1. The predicted molar refractivity (Wildman–Crippen MR) is 81.3 cm³/mol. The molecule has 0 saturated carbocycles. The highest BCUT2D eigenvalue weighted by molar-refractivity contribution is 9.10. The Labute approximate surface area is 129 Å². The summed E-state index contributed by atoms with van der Waals surface area (Å²) < 4.78 is 8.08. The van der Waals surface area contributed by atoms with Crippen molar-refractivity contribution in [3.63, 3.8) is 0 Å². The molecule has 3 rings (SSSR count). The lowest BCUT2D eigenvalue weighted by atomic mass is 10.3. The van der Waals surface area contributed by atoms with Crippen LogP contribution in [0.2, 0.25) is 0 Å². The van der Waals surface area contributed by atoms with Gasteiger partial charge in [-0.1, -0.05) is 18.2 Å².